The summed E-state index contributed by atoms with van der Waals surface area (Å²) in [6.45, 7) is 8.74. The molecule has 2 aliphatic rings. The van der Waals surface area contributed by atoms with Gasteiger partial charge in [-0.1, -0.05) is 31.1 Å². The molecular formula is C27H38N2O5S. The molecule has 1 aromatic rings. The van der Waals surface area contributed by atoms with Gasteiger partial charge in [-0.25, -0.2) is 4.79 Å². The third-order valence-corrected chi connectivity index (χ3v) is 7.71. The van der Waals surface area contributed by atoms with E-state index in [1.807, 2.05) is 20.8 Å². The summed E-state index contributed by atoms with van der Waals surface area (Å²) in [7, 11) is 1.64. The second-order valence-corrected chi connectivity index (χ2v) is 11.7. The molecule has 1 unspecified atom stereocenters. The molecule has 2 fully saturated rings. The summed E-state index contributed by atoms with van der Waals surface area (Å²) in [4.78, 5) is 43.5. The van der Waals surface area contributed by atoms with Gasteiger partial charge in [0, 0.05) is 31.5 Å². The van der Waals surface area contributed by atoms with Crippen LogP contribution in [0.3, 0.4) is 0 Å². The van der Waals surface area contributed by atoms with E-state index in [2.05, 4.69) is 11.8 Å². The third kappa shape index (κ3) is 6.86. The summed E-state index contributed by atoms with van der Waals surface area (Å²) in [5.41, 5.74) is 0.0260. The number of likely N-dealkylation sites (tertiary alicyclic amines) is 1. The number of hydrogen-bond acceptors (Lipinski definition) is 5. The van der Waals surface area contributed by atoms with Crippen LogP contribution in [-0.2, 0) is 14.3 Å². The van der Waals surface area contributed by atoms with Gasteiger partial charge in [-0.2, -0.15) is 0 Å². The molecule has 1 N–H and O–H groups in total. The molecule has 7 nitrogen and oxygen atoms in total. The van der Waals surface area contributed by atoms with Crippen molar-refractivity contribution in [2.24, 2.45) is 11.3 Å². The van der Waals surface area contributed by atoms with E-state index in [1.165, 1.54) is 4.90 Å². The molecule has 2 amide bonds. The van der Waals surface area contributed by atoms with E-state index < -0.39 is 12.0 Å². The van der Waals surface area contributed by atoms with Crippen LogP contribution in [-0.4, -0.2) is 60.1 Å². The molecule has 1 aliphatic heterocycles. The van der Waals surface area contributed by atoms with Crippen molar-refractivity contribution >= 4 is 34.8 Å². The zero-order valence-corrected chi connectivity index (χ0v) is 22.4. The summed E-state index contributed by atoms with van der Waals surface area (Å²) < 4.78 is 5.48. The Morgan fingerprint density at radius 1 is 1.17 bits per heavy atom. The lowest BCUT2D eigenvalue weighted by molar-refractivity contribution is -0.138. The fraction of sp³-hybridized carbons (Fsp3) is 0.667. The average Bonchev–Trinajstić information content (AvgIpc) is 3.26. The smallest absolute Gasteiger partial charge is 0.348 e. The van der Waals surface area contributed by atoms with Crippen LogP contribution in [0.1, 0.15) is 87.2 Å². The highest BCUT2D eigenvalue weighted by molar-refractivity contribution is 7.15. The first-order valence-electron chi connectivity index (χ1n) is 12.6. The van der Waals surface area contributed by atoms with E-state index in [1.54, 1.807) is 25.0 Å². The number of thiophene rings is 1. The maximum Gasteiger partial charge on any atom is 0.348 e. The molecule has 1 saturated carbocycles. The van der Waals surface area contributed by atoms with E-state index in [0.717, 1.165) is 56.3 Å². The van der Waals surface area contributed by atoms with Crippen molar-refractivity contribution < 1.29 is 24.2 Å². The van der Waals surface area contributed by atoms with Crippen LogP contribution < -0.4 is 4.90 Å². The number of aromatic carboxylic acids is 1. The minimum Gasteiger partial charge on any atom is -0.477 e. The minimum atomic E-state index is -1.12. The molecule has 1 aromatic heterocycles. The van der Waals surface area contributed by atoms with Crippen molar-refractivity contribution in [2.75, 3.05) is 25.1 Å². The van der Waals surface area contributed by atoms with Crippen LogP contribution in [0.5, 0.6) is 0 Å². The molecule has 0 bridgehead atoms. The molecule has 1 saturated heterocycles. The first-order chi connectivity index (χ1) is 16.5. The minimum absolute atomic E-state index is 0.0302. The Balaban J connectivity index is 2.02. The predicted octanol–water partition coefficient (Wildman–Crippen LogP) is 4.78. The molecule has 35 heavy (non-hydrogen) atoms. The van der Waals surface area contributed by atoms with Crippen molar-refractivity contribution in [1.29, 1.82) is 0 Å². The number of nitrogens with zero attached hydrogens (tertiary/aromatic N) is 2. The molecule has 2 heterocycles. The topological polar surface area (TPSA) is 87.2 Å². The monoisotopic (exact) mass is 502 g/mol. The summed E-state index contributed by atoms with van der Waals surface area (Å²) in [5, 5.41) is 10.00. The first-order valence-corrected chi connectivity index (χ1v) is 13.4. The number of carboxylic acids is 1. The van der Waals surface area contributed by atoms with Gasteiger partial charge in [0.2, 0.25) is 11.8 Å². The van der Waals surface area contributed by atoms with E-state index >= 15 is 0 Å². The molecule has 0 radical (unpaired) electrons. The van der Waals surface area contributed by atoms with Crippen LogP contribution in [0.4, 0.5) is 5.69 Å². The lowest BCUT2D eigenvalue weighted by Crippen LogP contribution is -2.54. The number of amides is 2. The highest BCUT2D eigenvalue weighted by atomic mass is 32.1. The normalized spacial score (nSPS) is 20.0. The predicted molar refractivity (Wildman–Crippen MR) is 138 cm³/mol. The van der Waals surface area contributed by atoms with Gasteiger partial charge >= 0.3 is 5.97 Å². The number of anilines is 1. The molecule has 1 aliphatic carbocycles. The average molecular weight is 503 g/mol. The number of hydrogen-bond donors (Lipinski definition) is 1. The number of methoxy groups -OCH3 is 1. The highest BCUT2D eigenvalue weighted by Crippen LogP contribution is 2.36. The second kappa shape index (κ2) is 11.6. The zero-order valence-electron chi connectivity index (χ0n) is 21.6. The summed E-state index contributed by atoms with van der Waals surface area (Å²) in [5.74, 6) is 4.54. The fourth-order valence-electron chi connectivity index (χ4n) is 4.79. The number of rotatable bonds is 6. The molecule has 192 valence electrons. The standard InChI is InChI=1S/C27H38N2O5S/c1-18(24(30)28-15-9-12-20(17-28)34-5)29(25(31)19-10-7-6-8-11-19)22-16-21(13-14-27(2,3)4)35-23(22)26(32)33/h16,18-20H,6-12,15,17H2,1-5H3,(H,32,33)/t18-,20?/m0/s1. The lowest BCUT2D eigenvalue weighted by Gasteiger charge is -2.38. The Kier molecular flexibility index (Phi) is 9.00. The van der Waals surface area contributed by atoms with E-state index in [0.29, 0.717) is 18.0 Å². The molecule has 8 heteroatoms. The lowest BCUT2D eigenvalue weighted by atomic mass is 9.87. The number of carboxylic acid groups (broad SMARTS) is 1. The summed E-state index contributed by atoms with van der Waals surface area (Å²) >= 11 is 1.06. The largest absolute Gasteiger partial charge is 0.477 e. The van der Waals surface area contributed by atoms with Crippen molar-refractivity contribution in [3.05, 3.63) is 15.8 Å². The molecule has 3 rings (SSSR count). The maximum atomic E-state index is 13.9. The SMILES string of the molecule is COC1CCCN(C(=O)[C@H](C)N(C(=O)C2CCCCC2)c2cc(C#CC(C)(C)C)sc2C(=O)O)C1. The first kappa shape index (κ1) is 27.2. The highest BCUT2D eigenvalue weighted by Gasteiger charge is 2.38. The fourth-order valence-corrected chi connectivity index (χ4v) is 5.64. The quantitative estimate of drug-likeness (QED) is 0.566. The van der Waals surface area contributed by atoms with E-state index in [4.69, 9.17) is 4.74 Å². The van der Waals surface area contributed by atoms with Gasteiger partial charge in [0.25, 0.3) is 0 Å². The maximum absolute atomic E-state index is 13.9. The Morgan fingerprint density at radius 3 is 2.46 bits per heavy atom. The number of ether oxygens (including phenoxy) is 1. The van der Waals surface area contributed by atoms with Crippen LogP contribution in [0, 0.1) is 23.2 Å². The van der Waals surface area contributed by atoms with Crippen LogP contribution in [0.2, 0.25) is 0 Å². The Hall–Kier alpha value is -2.37. The van der Waals surface area contributed by atoms with Gasteiger partial charge in [0.1, 0.15) is 10.9 Å². The molecule has 2 atom stereocenters. The van der Waals surface area contributed by atoms with Gasteiger partial charge in [0.15, 0.2) is 0 Å². The van der Waals surface area contributed by atoms with E-state index in [-0.39, 0.29) is 39.8 Å². The van der Waals surface area contributed by atoms with Gasteiger partial charge in [0.05, 0.1) is 16.7 Å². The van der Waals surface area contributed by atoms with Gasteiger partial charge in [-0.15, -0.1) is 11.3 Å². The van der Waals surface area contributed by atoms with Crippen LogP contribution in [0.25, 0.3) is 0 Å². The van der Waals surface area contributed by atoms with Crippen LogP contribution in [0.15, 0.2) is 6.07 Å². The Morgan fingerprint density at radius 2 is 1.86 bits per heavy atom. The van der Waals surface area contributed by atoms with Crippen molar-refractivity contribution in [3.63, 3.8) is 0 Å². The van der Waals surface area contributed by atoms with Gasteiger partial charge in [-0.05, 0) is 59.4 Å². The Labute approximate surface area is 212 Å². The van der Waals surface area contributed by atoms with Gasteiger partial charge in [-0.3, -0.25) is 14.5 Å². The van der Waals surface area contributed by atoms with Crippen molar-refractivity contribution in [3.8, 4) is 11.8 Å². The second-order valence-electron chi connectivity index (χ2n) is 10.6. The number of carbonyl (C=O) groups is 3. The van der Waals surface area contributed by atoms with Gasteiger partial charge < -0.3 is 14.7 Å². The number of piperidine rings is 1. The molecular weight excluding hydrogens is 464 g/mol. The van der Waals surface area contributed by atoms with Crippen LogP contribution >= 0.6 is 11.3 Å². The van der Waals surface area contributed by atoms with E-state index in [9.17, 15) is 19.5 Å². The third-order valence-electron chi connectivity index (χ3n) is 6.69. The molecule has 0 spiro atoms. The summed E-state index contributed by atoms with van der Waals surface area (Å²) in [6, 6.07) is 0.849. The number of carbonyl (C=O) groups excluding carboxylic acids is 2. The van der Waals surface area contributed by atoms with Crippen molar-refractivity contribution in [2.45, 2.75) is 84.8 Å². The Bertz CT molecular complexity index is 993. The summed E-state index contributed by atoms with van der Waals surface area (Å²) in [6.07, 6.45) is 6.23. The zero-order chi connectivity index (χ0) is 25.8. The van der Waals surface area contributed by atoms with Crippen molar-refractivity contribution in [1.82, 2.24) is 4.90 Å². The molecule has 0 aromatic carbocycles.